The van der Waals surface area contributed by atoms with E-state index in [0.717, 1.165) is 39.0 Å². The van der Waals surface area contributed by atoms with Crippen LogP contribution in [0.1, 0.15) is 26.7 Å². The van der Waals surface area contributed by atoms with Gasteiger partial charge in [0.2, 0.25) is 11.8 Å². The summed E-state index contributed by atoms with van der Waals surface area (Å²) in [6.07, 6.45) is 5.65. The van der Waals surface area contributed by atoms with Gasteiger partial charge in [0.15, 0.2) is 0 Å². The lowest BCUT2D eigenvalue weighted by Gasteiger charge is -2.36. The topological polar surface area (TPSA) is 96.5 Å². The van der Waals surface area contributed by atoms with Crippen LogP contribution in [0, 0.1) is 5.92 Å². The lowest BCUT2D eigenvalue weighted by Crippen LogP contribution is -2.51. The number of nitrogens with two attached hydrogens (primary N) is 1. The van der Waals surface area contributed by atoms with Crippen LogP contribution in [0.2, 0.25) is 0 Å². The average Bonchev–Trinajstić information content (AvgIpc) is 3.16. The Morgan fingerprint density at radius 3 is 2.58 bits per heavy atom. The zero-order chi connectivity index (χ0) is 19.1. The van der Waals surface area contributed by atoms with Crippen LogP contribution in [-0.4, -0.2) is 76.7 Å². The van der Waals surface area contributed by atoms with E-state index in [2.05, 4.69) is 15.3 Å². The Bertz CT molecular complexity index is 566. The fourth-order valence-corrected chi connectivity index (χ4v) is 3.12. The molecule has 1 atom stereocenters. The Morgan fingerprint density at radius 2 is 2.00 bits per heavy atom. The highest BCUT2D eigenvalue weighted by molar-refractivity contribution is 5.87. The highest BCUT2D eigenvalue weighted by atomic mass is 16.2. The van der Waals surface area contributed by atoms with Crippen LogP contribution in [0.4, 0.5) is 0 Å². The first-order chi connectivity index (χ1) is 12.4. The zero-order valence-corrected chi connectivity index (χ0v) is 16.1. The van der Waals surface area contributed by atoms with Gasteiger partial charge in [0, 0.05) is 45.1 Å². The summed E-state index contributed by atoms with van der Waals surface area (Å²) in [5.41, 5.74) is 5.80. The van der Waals surface area contributed by atoms with Gasteiger partial charge in [-0.15, -0.1) is 0 Å². The quantitative estimate of drug-likeness (QED) is 0.672. The molecular formula is C18H32N6O2. The largest absolute Gasteiger partial charge is 0.346 e. The van der Waals surface area contributed by atoms with Crippen LogP contribution in [0.3, 0.4) is 0 Å². The predicted molar refractivity (Wildman–Crippen MR) is 100 cm³/mol. The number of carbonyl (C=O) groups is 2. The molecule has 2 rings (SSSR count). The van der Waals surface area contributed by atoms with Gasteiger partial charge < -0.3 is 20.9 Å². The van der Waals surface area contributed by atoms with Crippen molar-refractivity contribution in [3.63, 3.8) is 0 Å². The number of likely N-dealkylation sites (tertiary alicyclic amines) is 1. The Labute approximate surface area is 155 Å². The van der Waals surface area contributed by atoms with Gasteiger partial charge in [0.25, 0.3) is 0 Å². The van der Waals surface area contributed by atoms with E-state index >= 15 is 0 Å². The van der Waals surface area contributed by atoms with E-state index in [-0.39, 0.29) is 30.3 Å². The van der Waals surface area contributed by atoms with Crippen LogP contribution < -0.4 is 11.1 Å². The molecule has 0 unspecified atom stereocenters. The lowest BCUT2D eigenvalue weighted by atomic mass is 10.0. The first-order valence-electron chi connectivity index (χ1n) is 9.37. The van der Waals surface area contributed by atoms with Gasteiger partial charge in [0.05, 0.1) is 19.1 Å². The van der Waals surface area contributed by atoms with Gasteiger partial charge in [-0.2, -0.15) is 5.10 Å². The predicted octanol–water partition coefficient (Wildman–Crippen LogP) is -0.0946. The van der Waals surface area contributed by atoms with E-state index in [0.29, 0.717) is 0 Å². The Balaban J connectivity index is 1.69. The van der Waals surface area contributed by atoms with Gasteiger partial charge in [-0.1, -0.05) is 13.8 Å². The Hall–Kier alpha value is -1.93. The molecule has 1 saturated heterocycles. The van der Waals surface area contributed by atoms with Gasteiger partial charge in [-0.25, -0.2) is 0 Å². The molecule has 0 radical (unpaired) electrons. The summed E-state index contributed by atoms with van der Waals surface area (Å²) < 4.78 is 1.94. The molecular weight excluding hydrogens is 332 g/mol. The second-order valence-corrected chi connectivity index (χ2v) is 7.33. The van der Waals surface area contributed by atoms with E-state index in [4.69, 9.17) is 5.73 Å². The molecule has 8 nitrogen and oxygen atoms in total. The molecule has 0 aromatic carbocycles. The standard InChI is InChI=1S/C18H32N6O2/c1-14(2)17(19)18(26)20-13-16(25)22(3)15-5-9-23(10-6-15)11-12-24-8-4-7-21-24/h4,7-8,14-15,17H,5-6,9-13,19H2,1-3H3,(H,20,26)/t17-/m0/s1. The van der Waals surface area contributed by atoms with Crippen molar-refractivity contribution in [2.24, 2.45) is 11.7 Å². The maximum atomic E-state index is 12.3. The van der Waals surface area contributed by atoms with Crippen LogP contribution in [0.5, 0.6) is 0 Å². The zero-order valence-electron chi connectivity index (χ0n) is 16.1. The fraction of sp³-hybridized carbons (Fsp3) is 0.722. The summed E-state index contributed by atoms with van der Waals surface area (Å²) in [5.74, 6) is -0.284. The Morgan fingerprint density at radius 1 is 1.31 bits per heavy atom. The molecule has 1 fully saturated rings. The van der Waals surface area contributed by atoms with Crippen LogP contribution >= 0.6 is 0 Å². The Kier molecular flexibility index (Phi) is 7.59. The second-order valence-electron chi connectivity index (χ2n) is 7.33. The SMILES string of the molecule is CC(C)[C@H](N)C(=O)NCC(=O)N(C)C1CCN(CCn2cccn2)CC1. The maximum absolute atomic E-state index is 12.3. The second kappa shape index (κ2) is 9.68. The number of nitrogens with zero attached hydrogens (tertiary/aromatic N) is 4. The van der Waals surface area contributed by atoms with Crippen molar-refractivity contribution in [3.8, 4) is 0 Å². The number of likely N-dealkylation sites (N-methyl/N-ethyl adjacent to an activating group) is 1. The summed E-state index contributed by atoms with van der Waals surface area (Å²) in [6.45, 7) is 7.57. The number of amides is 2. The molecule has 2 amide bonds. The first kappa shape index (κ1) is 20.4. The fourth-order valence-electron chi connectivity index (χ4n) is 3.12. The molecule has 8 heteroatoms. The highest BCUT2D eigenvalue weighted by Gasteiger charge is 2.26. The minimum Gasteiger partial charge on any atom is -0.346 e. The van der Waals surface area contributed by atoms with Crippen LogP contribution in [0.25, 0.3) is 0 Å². The van der Waals surface area contributed by atoms with Gasteiger partial charge >= 0.3 is 0 Å². The molecule has 1 aliphatic rings. The number of carbonyl (C=O) groups excluding carboxylic acids is 2. The molecule has 0 bridgehead atoms. The molecule has 0 saturated carbocycles. The molecule has 1 aromatic rings. The normalized spacial score (nSPS) is 17.3. The van der Waals surface area contributed by atoms with Crippen molar-refractivity contribution in [3.05, 3.63) is 18.5 Å². The van der Waals surface area contributed by atoms with Crippen molar-refractivity contribution >= 4 is 11.8 Å². The summed E-state index contributed by atoms with van der Waals surface area (Å²) in [6, 6.07) is 1.57. The van der Waals surface area contributed by atoms with Crippen molar-refractivity contribution in [1.29, 1.82) is 0 Å². The number of aromatic nitrogens is 2. The summed E-state index contributed by atoms with van der Waals surface area (Å²) in [4.78, 5) is 28.4. The van der Waals surface area contributed by atoms with Gasteiger partial charge in [0.1, 0.15) is 0 Å². The van der Waals surface area contributed by atoms with Gasteiger partial charge in [-0.05, 0) is 24.8 Å². The number of hydrogen-bond acceptors (Lipinski definition) is 5. The molecule has 146 valence electrons. The monoisotopic (exact) mass is 364 g/mol. The maximum Gasteiger partial charge on any atom is 0.241 e. The van der Waals surface area contributed by atoms with E-state index in [1.165, 1.54) is 0 Å². The van der Waals surface area contributed by atoms with Gasteiger partial charge in [-0.3, -0.25) is 14.3 Å². The number of hydrogen-bond donors (Lipinski definition) is 2. The molecule has 0 aliphatic carbocycles. The van der Waals surface area contributed by atoms with Crippen molar-refractivity contribution in [2.45, 2.75) is 45.3 Å². The lowest BCUT2D eigenvalue weighted by molar-refractivity contribution is -0.134. The molecule has 0 spiro atoms. The minimum absolute atomic E-state index is 0.00919. The van der Waals surface area contributed by atoms with Crippen molar-refractivity contribution in [2.75, 3.05) is 33.2 Å². The summed E-state index contributed by atoms with van der Waals surface area (Å²) >= 11 is 0. The number of nitrogens with one attached hydrogen (secondary N) is 1. The minimum atomic E-state index is -0.578. The third kappa shape index (κ3) is 5.81. The number of rotatable bonds is 8. The summed E-state index contributed by atoms with van der Waals surface area (Å²) in [5, 5.41) is 6.87. The average molecular weight is 364 g/mol. The molecule has 2 heterocycles. The van der Waals surface area contributed by atoms with E-state index in [9.17, 15) is 9.59 Å². The first-order valence-corrected chi connectivity index (χ1v) is 9.37. The summed E-state index contributed by atoms with van der Waals surface area (Å²) in [7, 11) is 1.82. The smallest absolute Gasteiger partial charge is 0.241 e. The third-order valence-electron chi connectivity index (χ3n) is 5.14. The highest BCUT2D eigenvalue weighted by Crippen LogP contribution is 2.15. The van der Waals surface area contributed by atoms with E-state index in [1.807, 2.05) is 37.8 Å². The van der Waals surface area contributed by atoms with Crippen molar-refractivity contribution in [1.82, 2.24) is 24.9 Å². The van der Waals surface area contributed by atoms with Crippen LogP contribution in [-0.2, 0) is 16.1 Å². The van der Waals surface area contributed by atoms with E-state index in [1.54, 1.807) is 11.1 Å². The molecule has 1 aliphatic heterocycles. The van der Waals surface area contributed by atoms with Crippen LogP contribution in [0.15, 0.2) is 18.5 Å². The molecule has 26 heavy (non-hydrogen) atoms. The molecule has 3 N–H and O–H groups in total. The molecule has 1 aromatic heterocycles. The third-order valence-corrected chi connectivity index (χ3v) is 5.14. The van der Waals surface area contributed by atoms with Crippen molar-refractivity contribution < 1.29 is 9.59 Å². The number of piperidine rings is 1. The van der Waals surface area contributed by atoms with E-state index < -0.39 is 6.04 Å².